The van der Waals surface area contributed by atoms with E-state index in [9.17, 15) is 9.59 Å². The van der Waals surface area contributed by atoms with Crippen LogP contribution in [0.25, 0.3) is 0 Å². The van der Waals surface area contributed by atoms with E-state index in [1.165, 1.54) is 0 Å². The van der Waals surface area contributed by atoms with Crippen LogP contribution in [0.5, 0.6) is 11.5 Å². The molecule has 6 heteroatoms. The lowest BCUT2D eigenvalue weighted by molar-refractivity contribution is -0.137. The van der Waals surface area contributed by atoms with E-state index < -0.39 is 0 Å². The number of nitrogens with zero attached hydrogens (tertiary/aromatic N) is 2. The zero-order valence-corrected chi connectivity index (χ0v) is 16.8. The summed E-state index contributed by atoms with van der Waals surface area (Å²) in [5.74, 6) is 1.70. The van der Waals surface area contributed by atoms with Gasteiger partial charge >= 0.3 is 0 Å². The van der Waals surface area contributed by atoms with Gasteiger partial charge in [-0.3, -0.25) is 9.59 Å². The van der Waals surface area contributed by atoms with E-state index in [0.29, 0.717) is 32.0 Å². The molecule has 1 heterocycles. The number of amides is 2. The topological polar surface area (TPSA) is 59.1 Å². The summed E-state index contributed by atoms with van der Waals surface area (Å²) in [5, 5.41) is 0. The monoisotopic (exact) mass is 376 g/mol. The van der Waals surface area contributed by atoms with Crippen LogP contribution >= 0.6 is 0 Å². The van der Waals surface area contributed by atoms with Crippen molar-refractivity contribution in [1.29, 1.82) is 0 Å². The third kappa shape index (κ3) is 6.15. The highest BCUT2D eigenvalue weighted by molar-refractivity contribution is 5.80. The minimum Gasteiger partial charge on any atom is -0.494 e. The van der Waals surface area contributed by atoms with Crippen molar-refractivity contribution < 1.29 is 19.1 Å². The second kappa shape index (κ2) is 10.8. The van der Waals surface area contributed by atoms with Gasteiger partial charge in [0.15, 0.2) is 6.61 Å². The summed E-state index contributed by atoms with van der Waals surface area (Å²) in [6, 6.07) is 7.26. The molecule has 2 rings (SSSR count). The number of ether oxygens (including phenoxy) is 2. The number of hydrogen-bond donors (Lipinski definition) is 0. The van der Waals surface area contributed by atoms with Gasteiger partial charge in [0.2, 0.25) is 5.91 Å². The SMILES string of the molecule is CCOc1ccc(OCC(=O)N2CCCN(C(=O)C(CC)CC)CC2)cc1. The minimum atomic E-state index is -0.0410. The van der Waals surface area contributed by atoms with Gasteiger partial charge in [0, 0.05) is 32.1 Å². The lowest BCUT2D eigenvalue weighted by Gasteiger charge is -2.25. The first kappa shape index (κ1) is 21.1. The van der Waals surface area contributed by atoms with Crippen molar-refractivity contribution in [2.24, 2.45) is 5.92 Å². The number of hydrogen-bond acceptors (Lipinski definition) is 4. The summed E-state index contributed by atoms with van der Waals surface area (Å²) in [6.45, 7) is 9.22. The van der Waals surface area contributed by atoms with Gasteiger partial charge in [0.25, 0.3) is 5.91 Å². The fraction of sp³-hybridized carbons (Fsp3) is 0.619. The molecule has 150 valence electrons. The molecule has 27 heavy (non-hydrogen) atoms. The maximum atomic E-state index is 12.6. The highest BCUT2D eigenvalue weighted by Crippen LogP contribution is 2.18. The van der Waals surface area contributed by atoms with Crippen molar-refractivity contribution in [1.82, 2.24) is 9.80 Å². The summed E-state index contributed by atoms with van der Waals surface area (Å²) in [7, 11) is 0. The van der Waals surface area contributed by atoms with E-state index in [4.69, 9.17) is 9.47 Å². The van der Waals surface area contributed by atoms with Gasteiger partial charge in [-0.05, 0) is 50.5 Å². The predicted octanol–water partition coefficient (Wildman–Crippen LogP) is 2.96. The molecular formula is C21H32N2O4. The quantitative estimate of drug-likeness (QED) is 0.700. The fourth-order valence-electron chi connectivity index (χ4n) is 3.32. The molecule has 0 N–H and O–H groups in total. The molecule has 0 spiro atoms. The van der Waals surface area contributed by atoms with Crippen LogP contribution in [0.15, 0.2) is 24.3 Å². The Labute approximate surface area is 162 Å². The van der Waals surface area contributed by atoms with Gasteiger partial charge in [0.1, 0.15) is 11.5 Å². The standard InChI is InChI=1S/C21H32N2O4/c1-4-17(5-2)21(25)23-13-7-12-22(14-15-23)20(24)16-27-19-10-8-18(9-11-19)26-6-3/h8-11,17H,4-7,12-16H2,1-3H3. The molecule has 1 aromatic rings. The molecule has 0 aliphatic carbocycles. The molecule has 0 bridgehead atoms. The molecule has 1 aromatic carbocycles. The fourth-order valence-corrected chi connectivity index (χ4v) is 3.32. The van der Waals surface area contributed by atoms with Crippen LogP contribution in [0, 0.1) is 5.92 Å². The van der Waals surface area contributed by atoms with Crippen molar-refractivity contribution in [3.63, 3.8) is 0 Å². The van der Waals surface area contributed by atoms with Crippen LogP contribution in [0.3, 0.4) is 0 Å². The van der Waals surface area contributed by atoms with Crippen molar-refractivity contribution >= 4 is 11.8 Å². The maximum absolute atomic E-state index is 12.6. The summed E-state index contributed by atoms with van der Waals surface area (Å²) < 4.78 is 11.0. The van der Waals surface area contributed by atoms with Gasteiger partial charge < -0.3 is 19.3 Å². The third-order valence-electron chi connectivity index (χ3n) is 4.99. The second-order valence-electron chi connectivity index (χ2n) is 6.77. The van der Waals surface area contributed by atoms with Crippen LogP contribution in [0.1, 0.15) is 40.0 Å². The van der Waals surface area contributed by atoms with E-state index in [1.807, 2.05) is 24.0 Å². The van der Waals surface area contributed by atoms with Crippen molar-refractivity contribution in [2.45, 2.75) is 40.0 Å². The molecule has 0 atom stereocenters. The summed E-state index contributed by atoms with van der Waals surface area (Å²) in [5.41, 5.74) is 0. The van der Waals surface area contributed by atoms with Crippen molar-refractivity contribution in [3.05, 3.63) is 24.3 Å². The molecule has 0 saturated carbocycles. The normalized spacial score (nSPS) is 14.8. The molecule has 6 nitrogen and oxygen atoms in total. The Morgan fingerprint density at radius 3 is 2.04 bits per heavy atom. The number of benzene rings is 1. The molecule has 0 aromatic heterocycles. The molecule has 0 unspecified atom stereocenters. The lowest BCUT2D eigenvalue weighted by Crippen LogP contribution is -2.40. The average Bonchev–Trinajstić information content (AvgIpc) is 2.94. The van der Waals surface area contributed by atoms with E-state index in [2.05, 4.69) is 13.8 Å². The zero-order chi connectivity index (χ0) is 19.6. The van der Waals surface area contributed by atoms with E-state index >= 15 is 0 Å². The second-order valence-corrected chi connectivity index (χ2v) is 6.77. The van der Waals surface area contributed by atoms with Gasteiger partial charge in [-0.25, -0.2) is 0 Å². The van der Waals surface area contributed by atoms with Crippen molar-refractivity contribution in [3.8, 4) is 11.5 Å². The Morgan fingerprint density at radius 2 is 1.44 bits per heavy atom. The van der Waals surface area contributed by atoms with Crippen LogP contribution < -0.4 is 9.47 Å². The number of carbonyl (C=O) groups is 2. The van der Waals surface area contributed by atoms with Gasteiger partial charge in [-0.2, -0.15) is 0 Å². The number of rotatable bonds is 8. The molecule has 1 saturated heterocycles. The lowest BCUT2D eigenvalue weighted by atomic mass is 10.0. The highest BCUT2D eigenvalue weighted by Gasteiger charge is 2.25. The summed E-state index contributed by atoms with van der Waals surface area (Å²) >= 11 is 0. The number of carbonyl (C=O) groups excluding carboxylic acids is 2. The summed E-state index contributed by atoms with van der Waals surface area (Å²) in [6.07, 6.45) is 2.54. The smallest absolute Gasteiger partial charge is 0.260 e. The molecule has 1 aliphatic heterocycles. The predicted molar refractivity (Wildman–Crippen MR) is 105 cm³/mol. The van der Waals surface area contributed by atoms with Crippen LogP contribution in [0.2, 0.25) is 0 Å². The van der Waals surface area contributed by atoms with E-state index in [-0.39, 0.29) is 24.3 Å². The van der Waals surface area contributed by atoms with Crippen LogP contribution in [-0.4, -0.2) is 61.0 Å². The molecule has 2 amide bonds. The molecule has 1 aliphatic rings. The highest BCUT2D eigenvalue weighted by atomic mass is 16.5. The third-order valence-corrected chi connectivity index (χ3v) is 4.99. The van der Waals surface area contributed by atoms with Gasteiger partial charge in [0.05, 0.1) is 6.61 Å². The summed E-state index contributed by atoms with van der Waals surface area (Å²) in [4.78, 5) is 28.8. The average molecular weight is 376 g/mol. The van der Waals surface area contributed by atoms with Crippen LogP contribution in [0.4, 0.5) is 0 Å². The van der Waals surface area contributed by atoms with E-state index in [0.717, 1.165) is 31.6 Å². The molecule has 1 fully saturated rings. The van der Waals surface area contributed by atoms with Crippen LogP contribution in [-0.2, 0) is 9.59 Å². The first-order valence-electron chi connectivity index (χ1n) is 10.0. The Morgan fingerprint density at radius 1 is 0.889 bits per heavy atom. The largest absolute Gasteiger partial charge is 0.494 e. The molecule has 0 radical (unpaired) electrons. The Hall–Kier alpha value is -2.24. The molecular weight excluding hydrogens is 344 g/mol. The maximum Gasteiger partial charge on any atom is 0.260 e. The Kier molecular flexibility index (Phi) is 8.43. The van der Waals surface area contributed by atoms with Gasteiger partial charge in [-0.15, -0.1) is 0 Å². The van der Waals surface area contributed by atoms with E-state index in [1.54, 1.807) is 17.0 Å². The van der Waals surface area contributed by atoms with Gasteiger partial charge in [-0.1, -0.05) is 13.8 Å². The minimum absolute atomic E-state index is 0.00841. The van der Waals surface area contributed by atoms with Crippen molar-refractivity contribution in [2.75, 3.05) is 39.4 Å². The Bertz CT molecular complexity index is 599. The first-order chi connectivity index (χ1) is 13.1. The zero-order valence-electron chi connectivity index (χ0n) is 16.8. The first-order valence-corrected chi connectivity index (χ1v) is 10.0. The Balaban J connectivity index is 1.82.